The summed E-state index contributed by atoms with van der Waals surface area (Å²) in [6, 6.07) is 1.77. The molecule has 1 amide bonds. The average molecular weight is 264 g/mol. The minimum absolute atomic E-state index is 0.0535. The van der Waals surface area contributed by atoms with Crippen molar-refractivity contribution in [2.24, 2.45) is 5.84 Å². The fraction of sp³-hybridized carbons (Fsp3) is 0.538. The number of aryl methyl sites for hydroxylation is 1. The molecule has 1 saturated heterocycles. The lowest BCUT2D eigenvalue weighted by Gasteiger charge is -2.32. The van der Waals surface area contributed by atoms with Gasteiger partial charge in [0.05, 0.1) is 24.0 Å². The zero-order valence-electron chi connectivity index (χ0n) is 11.3. The third-order valence-corrected chi connectivity index (χ3v) is 3.31. The van der Waals surface area contributed by atoms with E-state index < -0.39 is 0 Å². The van der Waals surface area contributed by atoms with Crippen molar-refractivity contribution in [2.45, 2.75) is 26.4 Å². The highest BCUT2D eigenvalue weighted by molar-refractivity contribution is 5.99. The fourth-order valence-electron chi connectivity index (χ4n) is 2.17. The molecule has 1 aromatic rings. The minimum Gasteiger partial charge on any atom is -0.375 e. The van der Waals surface area contributed by atoms with Gasteiger partial charge in [0.15, 0.2) is 0 Å². The molecule has 19 heavy (non-hydrogen) atoms. The predicted molar refractivity (Wildman–Crippen MR) is 72.7 cm³/mol. The lowest BCUT2D eigenvalue weighted by molar-refractivity contribution is -0.0226. The normalized spacial score (nSPS) is 19.3. The van der Waals surface area contributed by atoms with Crippen LogP contribution in [0.15, 0.2) is 12.3 Å². The van der Waals surface area contributed by atoms with Gasteiger partial charge < -0.3 is 15.1 Å². The lowest BCUT2D eigenvalue weighted by atomic mass is 10.1. The first kappa shape index (κ1) is 13.8. The number of aromatic nitrogens is 1. The van der Waals surface area contributed by atoms with Gasteiger partial charge in [-0.15, -0.1) is 0 Å². The fourth-order valence-corrected chi connectivity index (χ4v) is 2.17. The molecular weight excluding hydrogens is 244 g/mol. The Morgan fingerprint density at radius 3 is 3.16 bits per heavy atom. The summed E-state index contributed by atoms with van der Waals surface area (Å²) in [7, 11) is 0. The number of ether oxygens (including phenoxy) is 1. The topological polar surface area (TPSA) is 80.5 Å². The number of hydrogen-bond acceptors (Lipinski definition) is 5. The maximum atomic E-state index is 12.5. The number of nitrogens with two attached hydrogens (primary N) is 1. The van der Waals surface area contributed by atoms with E-state index in [2.05, 4.69) is 17.3 Å². The van der Waals surface area contributed by atoms with Crippen LogP contribution >= 0.6 is 0 Å². The van der Waals surface area contributed by atoms with Crippen molar-refractivity contribution in [1.29, 1.82) is 0 Å². The molecule has 0 saturated carbocycles. The summed E-state index contributed by atoms with van der Waals surface area (Å²) in [4.78, 5) is 18.5. The molecule has 1 unspecified atom stereocenters. The SMILES string of the molecule is CCC1CN(C(=O)c2cnc(C)cc2NN)CCO1. The number of amides is 1. The van der Waals surface area contributed by atoms with Crippen LogP contribution in [-0.2, 0) is 4.74 Å². The Hall–Kier alpha value is -1.66. The van der Waals surface area contributed by atoms with Crippen LogP contribution in [0.3, 0.4) is 0 Å². The highest BCUT2D eigenvalue weighted by atomic mass is 16.5. The van der Waals surface area contributed by atoms with Crippen molar-refractivity contribution in [3.63, 3.8) is 0 Å². The van der Waals surface area contributed by atoms with Crippen molar-refractivity contribution >= 4 is 11.6 Å². The number of nitrogens with one attached hydrogen (secondary N) is 1. The highest BCUT2D eigenvalue weighted by Gasteiger charge is 2.25. The van der Waals surface area contributed by atoms with Gasteiger partial charge in [-0.2, -0.15) is 0 Å². The van der Waals surface area contributed by atoms with E-state index in [1.54, 1.807) is 17.2 Å². The van der Waals surface area contributed by atoms with E-state index in [-0.39, 0.29) is 12.0 Å². The molecule has 2 rings (SSSR count). The molecule has 6 heteroatoms. The van der Waals surface area contributed by atoms with Crippen molar-refractivity contribution in [2.75, 3.05) is 25.1 Å². The van der Waals surface area contributed by atoms with Gasteiger partial charge in [-0.3, -0.25) is 15.6 Å². The monoisotopic (exact) mass is 264 g/mol. The van der Waals surface area contributed by atoms with Gasteiger partial charge in [0.25, 0.3) is 5.91 Å². The van der Waals surface area contributed by atoms with Crippen LogP contribution in [-0.4, -0.2) is 41.6 Å². The molecule has 1 fully saturated rings. The van der Waals surface area contributed by atoms with Crippen LogP contribution in [0.4, 0.5) is 5.69 Å². The van der Waals surface area contributed by atoms with E-state index in [9.17, 15) is 4.79 Å². The number of anilines is 1. The smallest absolute Gasteiger partial charge is 0.257 e. The van der Waals surface area contributed by atoms with Gasteiger partial charge in [-0.1, -0.05) is 6.92 Å². The summed E-state index contributed by atoms with van der Waals surface area (Å²) in [6.45, 7) is 5.71. The Morgan fingerprint density at radius 1 is 1.68 bits per heavy atom. The summed E-state index contributed by atoms with van der Waals surface area (Å²) >= 11 is 0. The first-order valence-electron chi connectivity index (χ1n) is 6.49. The number of morpholine rings is 1. The quantitative estimate of drug-likeness (QED) is 0.627. The van der Waals surface area contributed by atoms with Gasteiger partial charge in [-0.05, 0) is 19.4 Å². The minimum atomic E-state index is -0.0535. The third-order valence-electron chi connectivity index (χ3n) is 3.31. The van der Waals surface area contributed by atoms with E-state index >= 15 is 0 Å². The number of pyridine rings is 1. The molecule has 0 aliphatic carbocycles. The zero-order valence-corrected chi connectivity index (χ0v) is 11.3. The second kappa shape index (κ2) is 5.99. The second-order valence-corrected chi connectivity index (χ2v) is 4.67. The summed E-state index contributed by atoms with van der Waals surface area (Å²) in [5.74, 6) is 5.41. The molecule has 1 aliphatic heterocycles. The maximum absolute atomic E-state index is 12.5. The zero-order chi connectivity index (χ0) is 13.8. The van der Waals surface area contributed by atoms with Gasteiger partial charge in [0.2, 0.25) is 0 Å². The van der Waals surface area contributed by atoms with Crippen LogP contribution in [0.2, 0.25) is 0 Å². The maximum Gasteiger partial charge on any atom is 0.257 e. The van der Waals surface area contributed by atoms with Crippen molar-refractivity contribution in [3.8, 4) is 0 Å². The van der Waals surface area contributed by atoms with Crippen LogP contribution in [0.25, 0.3) is 0 Å². The number of carbonyl (C=O) groups excluding carboxylic acids is 1. The molecule has 2 heterocycles. The van der Waals surface area contributed by atoms with E-state index in [0.29, 0.717) is 30.9 Å². The van der Waals surface area contributed by atoms with Crippen LogP contribution in [0.5, 0.6) is 0 Å². The van der Waals surface area contributed by atoms with Gasteiger partial charge >= 0.3 is 0 Å². The van der Waals surface area contributed by atoms with Crippen molar-refractivity contribution in [1.82, 2.24) is 9.88 Å². The molecule has 3 N–H and O–H groups in total. The molecule has 1 aromatic heterocycles. The Morgan fingerprint density at radius 2 is 2.47 bits per heavy atom. The van der Waals surface area contributed by atoms with E-state index in [1.807, 2.05) is 6.92 Å². The molecule has 0 spiro atoms. The Balaban J connectivity index is 2.19. The standard InChI is InChI=1S/C13H20N4O2/c1-3-10-8-17(4-5-19-10)13(18)11-7-15-9(2)6-12(11)16-14/h6-7,10H,3-5,8,14H2,1-2H3,(H,15,16). The average Bonchev–Trinajstić information content (AvgIpc) is 2.46. The van der Waals surface area contributed by atoms with Crippen LogP contribution < -0.4 is 11.3 Å². The van der Waals surface area contributed by atoms with E-state index in [1.165, 1.54) is 0 Å². The Bertz CT molecular complexity index is 464. The Kier molecular flexibility index (Phi) is 4.34. The lowest BCUT2D eigenvalue weighted by Crippen LogP contribution is -2.45. The van der Waals surface area contributed by atoms with Crippen molar-refractivity contribution < 1.29 is 9.53 Å². The first-order valence-corrected chi connectivity index (χ1v) is 6.49. The first-order chi connectivity index (χ1) is 9.15. The molecule has 0 radical (unpaired) electrons. The number of hydrogen-bond donors (Lipinski definition) is 2. The molecular formula is C13H20N4O2. The molecule has 1 aliphatic rings. The number of rotatable bonds is 3. The number of carbonyl (C=O) groups is 1. The third kappa shape index (κ3) is 3.02. The second-order valence-electron chi connectivity index (χ2n) is 4.67. The Labute approximate surface area is 112 Å². The molecule has 1 atom stereocenters. The molecule has 0 bridgehead atoms. The van der Waals surface area contributed by atoms with Crippen LogP contribution in [0, 0.1) is 6.92 Å². The number of nitrogens with zero attached hydrogens (tertiary/aromatic N) is 2. The molecule has 6 nitrogen and oxygen atoms in total. The summed E-state index contributed by atoms with van der Waals surface area (Å²) in [5.41, 5.74) is 4.49. The largest absolute Gasteiger partial charge is 0.375 e. The summed E-state index contributed by atoms with van der Waals surface area (Å²) in [6.07, 6.45) is 2.59. The van der Waals surface area contributed by atoms with Crippen molar-refractivity contribution in [3.05, 3.63) is 23.5 Å². The van der Waals surface area contributed by atoms with E-state index in [4.69, 9.17) is 10.6 Å². The van der Waals surface area contributed by atoms with Crippen LogP contribution in [0.1, 0.15) is 29.4 Å². The number of hydrazine groups is 1. The summed E-state index contributed by atoms with van der Waals surface area (Å²) < 4.78 is 5.57. The van der Waals surface area contributed by atoms with Gasteiger partial charge in [0, 0.05) is 25.0 Å². The summed E-state index contributed by atoms with van der Waals surface area (Å²) in [5, 5.41) is 0. The molecule has 104 valence electrons. The van der Waals surface area contributed by atoms with Gasteiger partial charge in [0.1, 0.15) is 0 Å². The molecule has 0 aromatic carbocycles. The number of nitrogen functional groups attached to an aromatic ring is 1. The van der Waals surface area contributed by atoms with Gasteiger partial charge in [-0.25, -0.2) is 0 Å². The van der Waals surface area contributed by atoms with E-state index in [0.717, 1.165) is 12.1 Å². The predicted octanol–water partition coefficient (Wildman–Crippen LogP) is 0.927. The highest BCUT2D eigenvalue weighted by Crippen LogP contribution is 2.19.